The van der Waals surface area contributed by atoms with Crippen molar-refractivity contribution < 1.29 is 4.39 Å². The molecule has 0 radical (unpaired) electrons. The van der Waals surface area contributed by atoms with Gasteiger partial charge in [0.25, 0.3) is 5.56 Å². The highest BCUT2D eigenvalue weighted by Gasteiger charge is 2.09. The average Bonchev–Trinajstić information content (AvgIpc) is 2.54. The minimum absolute atomic E-state index is 0.0273. The van der Waals surface area contributed by atoms with Gasteiger partial charge in [0.2, 0.25) is 0 Å². The Bertz CT molecular complexity index is 941. The second-order valence-electron chi connectivity index (χ2n) is 4.98. The summed E-state index contributed by atoms with van der Waals surface area (Å²) in [6.45, 7) is 0. The third-order valence-corrected chi connectivity index (χ3v) is 3.53. The number of hydrogen-bond donors (Lipinski definition) is 1. The smallest absolute Gasteiger partial charge is 0.267 e. The number of fused-ring (bicyclic) bond motifs is 1. The lowest BCUT2D eigenvalue weighted by Gasteiger charge is -2.07. The zero-order valence-electron chi connectivity index (χ0n) is 11.6. The Balaban J connectivity index is 2.04. The molecule has 0 aliphatic carbocycles. The average molecular weight is 293 g/mol. The fourth-order valence-electron chi connectivity index (χ4n) is 2.46. The number of aromatic nitrogens is 2. The predicted octanol–water partition coefficient (Wildman–Crippen LogP) is 2.72. The van der Waals surface area contributed by atoms with E-state index in [2.05, 4.69) is 10.2 Å². The number of aromatic amines is 1. The van der Waals surface area contributed by atoms with Gasteiger partial charge in [-0.2, -0.15) is 10.4 Å². The van der Waals surface area contributed by atoms with Gasteiger partial charge in [-0.15, -0.1) is 0 Å². The molecule has 108 valence electrons. The Hall–Kier alpha value is -3.00. The maximum absolute atomic E-state index is 13.6. The first-order valence-electron chi connectivity index (χ1n) is 6.79. The molecule has 0 aliphatic rings. The normalized spacial score (nSPS) is 10.5. The molecule has 2 aromatic carbocycles. The lowest BCUT2D eigenvalue weighted by atomic mass is 10.0. The topological polar surface area (TPSA) is 69.5 Å². The van der Waals surface area contributed by atoms with Gasteiger partial charge in [0.1, 0.15) is 5.82 Å². The van der Waals surface area contributed by atoms with Gasteiger partial charge in [0.05, 0.1) is 23.6 Å². The molecule has 0 atom stereocenters. The van der Waals surface area contributed by atoms with Crippen molar-refractivity contribution in [2.24, 2.45) is 0 Å². The summed E-state index contributed by atoms with van der Waals surface area (Å²) in [7, 11) is 0. The molecule has 0 bridgehead atoms. The number of nitriles is 1. The van der Waals surface area contributed by atoms with Gasteiger partial charge in [0, 0.05) is 17.4 Å². The minimum atomic E-state index is -0.385. The summed E-state index contributed by atoms with van der Waals surface area (Å²) in [6.07, 6.45) is 0.482. The second-order valence-corrected chi connectivity index (χ2v) is 4.98. The van der Waals surface area contributed by atoms with Gasteiger partial charge in [-0.1, -0.05) is 30.3 Å². The van der Waals surface area contributed by atoms with E-state index in [0.717, 1.165) is 10.9 Å². The van der Waals surface area contributed by atoms with Crippen molar-refractivity contribution in [3.8, 4) is 6.07 Å². The van der Waals surface area contributed by atoms with Crippen LogP contribution in [0, 0.1) is 17.1 Å². The van der Waals surface area contributed by atoms with Gasteiger partial charge in [-0.05, 0) is 17.7 Å². The molecule has 0 amide bonds. The number of benzene rings is 2. The number of halogens is 1. The lowest BCUT2D eigenvalue weighted by Crippen LogP contribution is -2.11. The summed E-state index contributed by atoms with van der Waals surface area (Å²) in [6, 6.07) is 13.9. The van der Waals surface area contributed by atoms with E-state index < -0.39 is 0 Å². The number of hydrogen-bond acceptors (Lipinski definition) is 3. The summed E-state index contributed by atoms with van der Waals surface area (Å²) in [5.74, 6) is -0.385. The Morgan fingerprint density at radius 3 is 2.73 bits per heavy atom. The second kappa shape index (κ2) is 5.78. The van der Waals surface area contributed by atoms with Crippen LogP contribution in [0.5, 0.6) is 0 Å². The zero-order valence-corrected chi connectivity index (χ0v) is 11.6. The van der Waals surface area contributed by atoms with Crippen molar-refractivity contribution in [3.63, 3.8) is 0 Å². The Morgan fingerprint density at radius 2 is 1.95 bits per heavy atom. The van der Waals surface area contributed by atoms with Crippen molar-refractivity contribution in [2.75, 3.05) is 0 Å². The monoisotopic (exact) mass is 293 g/mol. The van der Waals surface area contributed by atoms with Crippen LogP contribution in [-0.2, 0) is 12.8 Å². The van der Waals surface area contributed by atoms with Crippen LogP contribution in [0.3, 0.4) is 0 Å². The molecule has 1 heterocycles. The SMILES string of the molecule is N#CCc1cc(Cc2n[nH]c(=O)c3ccccc23)ccc1F. The van der Waals surface area contributed by atoms with E-state index in [1.54, 1.807) is 24.3 Å². The van der Waals surface area contributed by atoms with Crippen molar-refractivity contribution in [3.05, 3.63) is 75.5 Å². The molecule has 0 saturated carbocycles. The first-order chi connectivity index (χ1) is 10.7. The van der Waals surface area contributed by atoms with E-state index in [-0.39, 0.29) is 17.8 Å². The first kappa shape index (κ1) is 14.0. The molecule has 0 fully saturated rings. The fraction of sp³-hybridized carbons (Fsp3) is 0.118. The third kappa shape index (κ3) is 2.59. The van der Waals surface area contributed by atoms with Gasteiger partial charge in [-0.25, -0.2) is 9.49 Å². The van der Waals surface area contributed by atoms with Crippen LogP contribution >= 0.6 is 0 Å². The van der Waals surface area contributed by atoms with Crippen LogP contribution in [0.4, 0.5) is 4.39 Å². The predicted molar refractivity (Wildman–Crippen MR) is 80.9 cm³/mol. The van der Waals surface area contributed by atoms with Crippen LogP contribution < -0.4 is 5.56 Å². The molecule has 3 rings (SSSR count). The quantitative estimate of drug-likeness (QED) is 0.807. The van der Waals surface area contributed by atoms with E-state index in [1.165, 1.54) is 6.07 Å². The maximum Gasteiger partial charge on any atom is 0.272 e. The van der Waals surface area contributed by atoms with E-state index in [0.29, 0.717) is 23.1 Å². The molecule has 4 nitrogen and oxygen atoms in total. The van der Waals surface area contributed by atoms with Crippen molar-refractivity contribution in [1.29, 1.82) is 5.26 Å². The molecule has 0 spiro atoms. The Labute approximate surface area is 125 Å². The summed E-state index contributed by atoms with van der Waals surface area (Å²) in [5, 5.41) is 16.7. The highest BCUT2D eigenvalue weighted by atomic mass is 19.1. The fourth-order valence-corrected chi connectivity index (χ4v) is 2.46. The van der Waals surface area contributed by atoms with Crippen molar-refractivity contribution in [1.82, 2.24) is 10.2 Å². The summed E-state index contributed by atoms with van der Waals surface area (Å²) in [5.41, 5.74) is 1.69. The van der Waals surface area contributed by atoms with Gasteiger partial charge in [-0.3, -0.25) is 4.79 Å². The summed E-state index contributed by atoms with van der Waals surface area (Å²) >= 11 is 0. The summed E-state index contributed by atoms with van der Waals surface area (Å²) in [4.78, 5) is 11.8. The number of nitrogens with zero attached hydrogens (tertiary/aromatic N) is 2. The van der Waals surface area contributed by atoms with Crippen LogP contribution in [0.25, 0.3) is 10.8 Å². The van der Waals surface area contributed by atoms with Crippen molar-refractivity contribution in [2.45, 2.75) is 12.8 Å². The summed E-state index contributed by atoms with van der Waals surface area (Å²) < 4.78 is 13.6. The molecular weight excluding hydrogens is 281 g/mol. The van der Waals surface area contributed by atoms with E-state index in [1.807, 2.05) is 18.2 Å². The molecule has 22 heavy (non-hydrogen) atoms. The van der Waals surface area contributed by atoms with Crippen LogP contribution in [0.15, 0.2) is 47.3 Å². The first-order valence-corrected chi connectivity index (χ1v) is 6.79. The van der Waals surface area contributed by atoms with Crippen LogP contribution in [-0.4, -0.2) is 10.2 Å². The maximum atomic E-state index is 13.6. The highest BCUT2D eigenvalue weighted by Crippen LogP contribution is 2.18. The molecular formula is C17H12FN3O. The standard InChI is InChI=1S/C17H12FN3O/c18-15-6-5-11(9-12(15)7-8-19)10-16-13-3-1-2-4-14(13)17(22)21-20-16/h1-6,9H,7,10H2,(H,21,22). The molecule has 0 unspecified atom stereocenters. The van der Waals surface area contributed by atoms with E-state index >= 15 is 0 Å². The number of rotatable bonds is 3. The van der Waals surface area contributed by atoms with E-state index in [4.69, 9.17) is 5.26 Å². The third-order valence-electron chi connectivity index (χ3n) is 3.53. The van der Waals surface area contributed by atoms with Crippen molar-refractivity contribution >= 4 is 10.8 Å². The zero-order chi connectivity index (χ0) is 15.5. The number of nitrogens with one attached hydrogen (secondary N) is 1. The van der Waals surface area contributed by atoms with Gasteiger partial charge >= 0.3 is 0 Å². The molecule has 0 saturated heterocycles. The van der Waals surface area contributed by atoms with Gasteiger partial charge < -0.3 is 0 Å². The minimum Gasteiger partial charge on any atom is -0.267 e. The van der Waals surface area contributed by atoms with Gasteiger partial charge in [0.15, 0.2) is 0 Å². The molecule has 1 N–H and O–H groups in total. The molecule has 5 heteroatoms. The Morgan fingerprint density at radius 1 is 1.18 bits per heavy atom. The largest absolute Gasteiger partial charge is 0.272 e. The van der Waals surface area contributed by atoms with E-state index in [9.17, 15) is 9.18 Å². The molecule has 1 aromatic heterocycles. The lowest BCUT2D eigenvalue weighted by molar-refractivity contribution is 0.614. The highest BCUT2D eigenvalue weighted by molar-refractivity contribution is 5.83. The Kier molecular flexibility index (Phi) is 3.67. The van der Waals surface area contributed by atoms with Crippen LogP contribution in [0.1, 0.15) is 16.8 Å². The molecule has 0 aliphatic heterocycles. The number of H-pyrrole nitrogens is 1. The molecule has 3 aromatic rings. The van der Waals surface area contributed by atoms with Crippen LogP contribution in [0.2, 0.25) is 0 Å².